The molecule has 0 aliphatic carbocycles. The number of aliphatic hydroxyl groups excluding tert-OH is 1. The molecule has 0 unspecified atom stereocenters. The van der Waals surface area contributed by atoms with Crippen LogP contribution in [0.3, 0.4) is 0 Å². The van der Waals surface area contributed by atoms with Crippen molar-refractivity contribution in [2.45, 2.75) is 32.2 Å². The van der Waals surface area contributed by atoms with Crippen LogP contribution in [0, 0.1) is 0 Å². The van der Waals surface area contributed by atoms with Crippen molar-refractivity contribution in [1.82, 2.24) is 44.7 Å². The predicted octanol–water partition coefficient (Wildman–Crippen LogP) is -0.883. The number of fused-ring (bicyclic) bond motifs is 1. The Balaban J connectivity index is 1.52. The average molecular weight is 357 g/mol. The third kappa shape index (κ3) is 3.08. The van der Waals surface area contributed by atoms with E-state index in [-0.39, 0.29) is 12.5 Å². The molecule has 3 aromatic rings. The summed E-state index contributed by atoms with van der Waals surface area (Å²) in [6, 6.07) is 3.60. The molecule has 0 fully saturated rings. The number of aryl methyl sites for hydroxylation is 2. The molecule has 136 valence electrons. The van der Waals surface area contributed by atoms with Gasteiger partial charge < -0.3 is 10.0 Å². The van der Waals surface area contributed by atoms with E-state index in [0.29, 0.717) is 31.0 Å². The maximum Gasteiger partial charge on any atom is 0.246 e. The number of nitrogens with zero attached hydrogens (tertiary/aromatic N) is 9. The first-order valence-corrected chi connectivity index (χ1v) is 8.33. The van der Waals surface area contributed by atoms with Crippen molar-refractivity contribution in [3.05, 3.63) is 41.7 Å². The summed E-state index contributed by atoms with van der Waals surface area (Å²) in [5.41, 5.74) is 2.11. The normalized spacial score (nSPS) is 15.5. The molecule has 3 aromatic heterocycles. The highest BCUT2D eigenvalue weighted by atomic mass is 16.3. The van der Waals surface area contributed by atoms with Crippen molar-refractivity contribution in [1.29, 1.82) is 0 Å². The van der Waals surface area contributed by atoms with Gasteiger partial charge in [0, 0.05) is 26.3 Å². The number of hydrogen-bond donors (Lipinski definition) is 1. The number of aromatic nitrogens is 8. The van der Waals surface area contributed by atoms with Crippen LogP contribution in [0.25, 0.3) is 0 Å². The highest BCUT2D eigenvalue weighted by Gasteiger charge is 2.24. The molecular weight excluding hydrogens is 338 g/mol. The number of hydrogen-bond acceptors (Lipinski definition) is 7. The van der Waals surface area contributed by atoms with E-state index in [1.165, 1.54) is 11.1 Å². The molecular formula is C15H19N9O2. The second kappa shape index (κ2) is 6.67. The highest BCUT2D eigenvalue weighted by Crippen LogP contribution is 2.23. The molecule has 0 saturated carbocycles. The van der Waals surface area contributed by atoms with Gasteiger partial charge in [0.05, 0.1) is 23.6 Å². The predicted molar refractivity (Wildman–Crippen MR) is 87.3 cm³/mol. The smallest absolute Gasteiger partial charge is 0.246 e. The number of tetrazole rings is 1. The summed E-state index contributed by atoms with van der Waals surface area (Å²) in [5, 5.41) is 30.4. The molecule has 0 aromatic carbocycles. The molecule has 0 saturated heterocycles. The molecule has 0 bridgehead atoms. The summed E-state index contributed by atoms with van der Waals surface area (Å²) in [6.07, 6.45) is 2.87. The van der Waals surface area contributed by atoms with Crippen molar-refractivity contribution < 1.29 is 9.90 Å². The van der Waals surface area contributed by atoms with Crippen LogP contribution >= 0.6 is 0 Å². The maximum absolute atomic E-state index is 12.5. The van der Waals surface area contributed by atoms with E-state index in [9.17, 15) is 9.90 Å². The van der Waals surface area contributed by atoms with Crippen LogP contribution in [0.5, 0.6) is 0 Å². The molecule has 1 atom stereocenters. The van der Waals surface area contributed by atoms with Crippen molar-refractivity contribution in [3.8, 4) is 0 Å². The minimum absolute atomic E-state index is 0.0542. The molecule has 11 heteroatoms. The minimum Gasteiger partial charge on any atom is -0.380 e. The second-order valence-electron chi connectivity index (χ2n) is 6.20. The van der Waals surface area contributed by atoms with Gasteiger partial charge in [0.15, 0.2) is 6.33 Å². The Morgan fingerprint density at radius 1 is 1.35 bits per heavy atom. The van der Waals surface area contributed by atoms with Gasteiger partial charge in [-0.25, -0.2) is 0 Å². The zero-order valence-electron chi connectivity index (χ0n) is 14.3. The molecule has 0 radical (unpaired) electrons. The Morgan fingerprint density at radius 2 is 2.23 bits per heavy atom. The van der Waals surface area contributed by atoms with Gasteiger partial charge in [-0.2, -0.15) is 15.0 Å². The van der Waals surface area contributed by atoms with Gasteiger partial charge >= 0.3 is 0 Å². The fourth-order valence-electron chi connectivity index (χ4n) is 3.12. The lowest BCUT2D eigenvalue weighted by Gasteiger charge is -2.19. The van der Waals surface area contributed by atoms with Gasteiger partial charge in [0.2, 0.25) is 5.91 Å². The molecule has 11 nitrogen and oxygen atoms in total. The zero-order chi connectivity index (χ0) is 18.1. The van der Waals surface area contributed by atoms with Gasteiger partial charge in [-0.3, -0.25) is 14.2 Å². The topological polar surface area (TPSA) is 120 Å². The minimum atomic E-state index is -0.856. The molecule has 1 N–H and O–H groups in total. The molecule has 26 heavy (non-hydrogen) atoms. The summed E-state index contributed by atoms with van der Waals surface area (Å²) in [6.45, 7) is 1.81. The Morgan fingerprint density at radius 3 is 2.96 bits per heavy atom. The van der Waals surface area contributed by atoms with Crippen LogP contribution < -0.4 is 0 Å². The number of amides is 1. The highest BCUT2D eigenvalue weighted by molar-refractivity contribution is 5.75. The summed E-state index contributed by atoms with van der Waals surface area (Å²) in [4.78, 5) is 15.5. The van der Waals surface area contributed by atoms with Crippen molar-refractivity contribution >= 4 is 5.91 Å². The van der Waals surface area contributed by atoms with Gasteiger partial charge in [0.25, 0.3) is 0 Å². The third-order valence-corrected chi connectivity index (χ3v) is 4.47. The van der Waals surface area contributed by atoms with Crippen LogP contribution in [0.4, 0.5) is 0 Å². The first-order chi connectivity index (χ1) is 12.6. The van der Waals surface area contributed by atoms with E-state index >= 15 is 0 Å². The van der Waals surface area contributed by atoms with E-state index in [2.05, 4.69) is 25.6 Å². The standard InChI is InChI=1S/C15H19N9O2/c1-21-13(3-4-17-21)15(26)12-7-11-8-22(5-2-6-23(11)19-12)14(25)9-24-18-10-16-20-24/h3-4,7,10,15,26H,2,5-6,8-9H2,1H3/t15-/m0/s1. The van der Waals surface area contributed by atoms with Crippen LogP contribution in [0.2, 0.25) is 0 Å². The Labute approximate surface area is 148 Å². The van der Waals surface area contributed by atoms with Crippen LogP contribution in [-0.2, 0) is 31.5 Å². The van der Waals surface area contributed by atoms with E-state index < -0.39 is 6.10 Å². The molecule has 0 spiro atoms. The Bertz CT molecular complexity index is 898. The third-order valence-electron chi connectivity index (χ3n) is 4.47. The van der Waals surface area contributed by atoms with E-state index in [1.54, 1.807) is 28.9 Å². The van der Waals surface area contributed by atoms with Gasteiger partial charge in [-0.1, -0.05) is 0 Å². The SMILES string of the molecule is Cn1nccc1[C@@H](O)c1cc2n(n1)CCCN(C(=O)Cn1ncnn1)C2. The summed E-state index contributed by atoms with van der Waals surface area (Å²) in [5.74, 6) is -0.0774. The lowest BCUT2D eigenvalue weighted by Crippen LogP contribution is -2.34. The lowest BCUT2D eigenvalue weighted by atomic mass is 10.2. The van der Waals surface area contributed by atoms with Crippen molar-refractivity contribution in [2.75, 3.05) is 6.54 Å². The van der Waals surface area contributed by atoms with Crippen molar-refractivity contribution in [2.24, 2.45) is 7.05 Å². The number of carbonyl (C=O) groups excluding carboxylic acids is 1. The Kier molecular flexibility index (Phi) is 4.21. The molecule has 1 aliphatic rings. The first kappa shape index (κ1) is 16.4. The molecule has 4 rings (SSSR count). The lowest BCUT2D eigenvalue weighted by molar-refractivity contribution is -0.132. The number of aliphatic hydroxyl groups is 1. The summed E-state index contributed by atoms with van der Waals surface area (Å²) in [7, 11) is 1.78. The molecule has 1 aliphatic heterocycles. The van der Waals surface area contributed by atoms with E-state index in [1.807, 2.05) is 10.7 Å². The van der Waals surface area contributed by atoms with Crippen molar-refractivity contribution in [3.63, 3.8) is 0 Å². The summed E-state index contributed by atoms with van der Waals surface area (Å²) >= 11 is 0. The fourth-order valence-corrected chi connectivity index (χ4v) is 3.12. The monoisotopic (exact) mass is 357 g/mol. The fraction of sp³-hybridized carbons (Fsp3) is 0.467. The molecule has 4 heterocycles. The Hall–Kier alpha value is -3.08. The first-order valence-electron chi connectivity index (χ1n) is 8.33. The quantitative estimate of drug-likeness (QED) is 0.643. The number of carbonyl (C=O) groups is 1. The van der Waals surface area contributed by atoms with Gasteiger partial charge in [-0.05, 0) is 23.8 Å². The largest absolute Gasteiger partial charge is 0.380 e. The van der Waals surface area contributed by atoms with Crippen LogP contribution in [0.1, 0.15) is 29.6 Å². The second-order valence-corrected chi connectivity index (χ2v) is 6.20. The van der Waals surface area contributed by atoms with Gasteiger partial charge in [0.1, 0.15) is 12.6 Å². The average Bonchev–Trinajstić information content (AvgIpc) is 3.34. The van der Waals surface area contributed by atoms with E-state index in [4.69, 9.17) is 0 Å². The number of rotatable bonds is 4. The van der Waals surface area contributed by atoms with Crippen LogP contribution in [0.15, 0.2) is 24.7 Å². The maximum atomic E-state index is 12.5. The van der Waals surface area contributed by atoms with Gasteiger partial charge in [-0.15, -0.1) is 10.2 Å². The van der Waals surface area contributed by atoms with Crippen LogP contribution in [-0.4, -0.2) is 62.2 Å². The summed E-state index contributed by atoms with van der Waals surface area (Å²) < 4.78 is 3.48. The zero-order valence-corrected chi connectivity index (χ0v) is 14.3. The van der Waals surface area contributed by atoms with E-state index in [0.717, 1.165) is 12.1 Å². The molecule has 1 amide bonds.